The fourth-order valence-corrected chi connectivity index (χ4v) is 8.09. The molecule has 0 aromatic rings. The minimum atomic E-state index is -1.54. The first-order chi connectivity index (χ1) is 40.6. The van der Waals surface area contributed by atoms with Crippen molar-refractivity contribution in [3.05, 3.63) is 170 Å². The highest BCUT2D eigenvalue weighted by atomic mass is 16.7. The Morgan fingerprint density at radius 1 is 0.361 bits per heavy atom. The van der Waals surface area contributed by atoms with E-state index < -0.39 is 24.3 Å². The molecule has 2 atom stereocenters. The molecule has 9 heteroatoms. The number of nitrogens with zero attached hydrogens (tertiary/aromatic N) is 1. The molecule has 0 aromatic carbocycles. The SMILES string of the molecule is CC/C=C\C/C=C\C/C=C\C/C=C\C/C=C\C/C=C\C/C=C\C/C=C\CCCCC(=O)OC(COC(=O)CCCCCCCCCCCCCC/C=C\C/C=C\C/C=C\C/C=C\C/C=C\C/C=C\CC)COC(OCC[N+](C)(C)C)C(=O)O. The third-order valence-corrected chi connectivity index (χ3v) is 13.0. The number of carboxylic acid groups (broad SMARTS) is 1. The summed E-state index contributed by atoms with van der Waals surface area (Å²) in [5, 5.41) is 9.73. The van der Waals surface area contributed by atoms with Crippen LogP contribution in [0.2, 0.25) is 0 Å². The Hall–Kier alpha value is -5.35. The van der Waals surface area contributed by atoms with E-state index in [0.29, 0.717) is 17.4 Å². The topological polar surface area (TPSA) is 108 Å². The second-order valence-electron chi connectivity index (χ2n) is 22.0. The highest BCUT2D eigenvalue weighted by Crippen LogP contribution is 2.15. The van der Waals surface area contributed by atoms with Crippen LogP contribution in [0.25, 0.3) is 0 Å². The number of carboxylic acids is 1. The van der Waals surface area contributed by atoms with Crippen LogP contribution >= 0.6 is 0 Å². The van der Waals surface area contributed by atoms with Gasteiger partial charge in [-0.3, -0.25) is 9.59 Å². The van der Waals surface area contributed by atoms with E-state index in [1.807, 2.05) is 21.1 Å². The van der Waals surface area contributed by atoms with Gasteiger partial charge >= 0.3 is 17.9 Å². The number of hydrogen-bond donors (Lipinski definition) is 1. The molecule has 466 valence electrons. The van der Waals surface area contributed by atoms with Crippen molar-refractivity contribution in [2.75, 3.05) is 47.5 Å². The van der Waals surface area contributed by atoms with Gasteiger partial charge in [-0.05, 0) is 128 Å². The summed E-state index contributed by atoms with van der Waals surface area (Å²) in [6.45, 7) is 4.57. The van der Waals surface area contributed by atoms with Crippen molar-refractivity contribution in [2.24, 2.45) is 0 Å². The van der Waals surface area contributed by atoms with E-state index in [4.69, 9.17) is 18.9 Å². The summed E-state index contributed by atoms with van der Waals surface area (Å²) in [6.07, 6.45) is 91.6. The fraction of sp³-hybridized carbons (Fsp3) is 0.581. The average molecular weight is 1150 g/mol. The Morgan fingerprint density at radius 3 is 0.988 bits per heavy atom. The number of esters is 2. The molecule has 1 N–H and O–H groups in total. The van der Waals surface area contributed by atoms with Crippen LogP contribution in [-0.2, 0) is 33.3 Å². The lowest BCUT2D eigenvalue weighted by atomic mass is 10.0. The number of rotatable bonds is 57. The molecular formula is C74H118NO8+. The van der Waals surface area contributed by atoms with E-state index >= 15 is 0 Å². The molecular weight excluding hydrogens is 1030 g/mol. The van der Waals surface area contributed by atoms with Gasteiger partial charge in [-0.15, -0.1) is 0 Å². The van der Waals surface area contributed by atoms with Crippen molar-refractivity contribution < 1.29 is 42.9 Å². The Bertz CT molecular complexity index is 1960. The van der Waals surface area contributed by atoms with E-state index in [1.165, 1.54) is 57.8 Å². The van der Waals surface area contributed by atoms with Crippen LogP contribution in [0.15, 0.2) is 170 Å². The number of hydrogen-bond acceptors (Lipinski definition) is 7. The predicted molar refractivity (Wildman–Crippen MR) is 354 cm³/mol. The largest absolute Gasteiger partial charge is 0.477 e. The number of aliphatic carboxylic acids is 1. The molecule has 0 radical (unpaired) electrons. The first-order valence-electron chi connectivity index (χ1n) is 32.3. The van der Waals surface area contributed by atoms with E-state index in [9.17, 15) is 19.5 Å². The van der Waals surface area contributed by atoms with Gasteiger partial charge in [-0.25, -0.2) is 4.79 Å². The highest BCUT2D eigenvalue weighted by Gasteiger charge is 2.25. The number of unbranched alkanes of at least 4 members (excludes halogenated alkanes) is 14. The molecule has 83 heavy (non-hydrogen) atoms. The van der Waals surface area contributed by atoms with Gasteiger partial charge < -0.3 is 28.5 Å². The van der Waals surface area contributed by atoms with Crippen molar-refractivity contribution in [1.29, 1.82) is 0 Å². The Labute approximate surface area is 507 Å². The summed E-state index contributed by atoms with van der Waals surface area (Å²) in [7, 11) is 5.94. The first-order valence-corrected chi connectivity index (χ1v) is 32.3. The molecule has 0 spiro atoms. The second-order valence-corrected chi connectivity index (χ2v) is 22.0. The summed E-state index contributed by atoms with van der Waals surface area (Å²) in [4.78, 5) is 37.5. The van der Waals surface area contributed by atoms with Crippen molar-refractivity contribution in [1.82, 2.24) is 0 Å². The molecule has 0 bridgehead atoms. The van der Waals surface area contributed by atoms with Crippen LogP contribution in [0.3, 0.4) is 0 Å². The lowest BCUT2D eigenvalue weighted by Gasteiger charge is -2.25. The third kappa shape index (κ3) is 64.1. The lowest BCUT2D eigenvalue weighted by molar-refractivity contribution is -0.870. The summed E-state index contributed by atoms with van der Waals surface area (Å²) in [5.41, 5.74) is 0. The number of carbonyl (C=O) groups is 3. The van der Waals surface area contributed by atoms with Crippen LogP contribution < -0.4 is 0 Å². The van der Waals surface area contributed by atoms with E-state index in [2.05, 4.69) is 184 Å². The number of quaternary nitrogens is 1. The normalized spacial score (nSPS) is 13.9. The average Bonchev–Trinajstić information content (AvgIpc) is 3.46. The summed E-state index contributed by atoms with van der Waals surface area (Å²) in [6, 6.07) is 0. The van der Waals surface area contributed by atoms with Gasteiger partial charge in [0.05, 0.1) is 34.4 Å². The molecule has 0 aliphatic rings. The van der Waals surface area contributed by atoms with Crippen molar-refractivity contribution in [2.45, 2.75) is 232 Å². The van der Waals surface area contributed by atoms with Crippen molar-refractivity contribution >= 4 is 17.9 Å². The zero-order chi connectivity index (χ0) is 60.5. The minimum absolute atomic E-state index is 0.169. The van der Waals surface area contributed by atoms with Gasteiger partial charge in [0, 0.05) is 12.8 Å². The van der Waals surface area contributed by atoms with Gasteiger partial charge in [-0.1, -0.05) is 248 Å². The molecule has 0 aromatic heterocycles. The number of allylic oxidation sites excluding steroid dienone is 28. The predicted octanol–water partition coefficient (Wildman–Crippen LogP) is 19.9. The monoisotopic (exact) mass is 1150 g/mol. The molecule has 0 rings (SSSR count). The maximum absolute atomic E-state index is 12.9. The molecule has 9 nitrogen and oxygen atoms in total. The zero-order valence-electron chi connectivity index (χ0n) is 53.0. The van der Waals surface area contributed by atoms with E-state index in [0.717, 1.165) is 128 Å². The Morgan fingerprint density at radius 2 is 0.651 bits per heavy atom. The third-order valence-electron chi connectivity index (χ3n) is 13.0. The van der Waals surface area contributed by atoms with E-state index in [-0.39, 0.29) is 38.6 Å². The molecule has 0 saturated heterocycles. The molecule has 2 unspecified atom stereocenters. The van der Waals surface area contributed by atoms with Gasteiger partial charge in [0.25, 0.3) is 6.29 Å². The van der Waals surface area contributed by atoms with Crippen LogP contribution in [0, 0.1) is 0 Å². The van der Waals surface area contributed by atoms with Crippen LogP contribution in [0.4, 0.5) is 0 Å². The molecule has 0 aliphatic carbocycles. The first kappa shape index (κ1) is 77.7. The van der Waals surface area contributed by atoms with Gasteiger partial charge in [0.15, 0.2) is 6.10 Å². The summed E-state index contributed by atoms with van der Waals surface area (Å²) >= 11 is 0. The maximum Gasteiger partial charge on any atom is 0.361 e. The van der Waals surface area contributed by atoms with Crippen LogP contribution in [-0.4, -0.2) is 87.4 Å². The standard InChI is InChI=1S/C74H117NO8/c1-6-8-10-12-14-16-18-20-22-24-26-28-30-32-34-35-36-37-39-40-42-44-46-48-50-52-54-56-58-60-62-64-71(76)81-68-70(69-82-74(73(78)79)80-67-66-75(3,4)5)83-72(77)65-63-61-59-57-55-53-51-49-47-45-43-41-38-33-31-29-27-25-23-21-19-17-15-13-11-9-7-2/h8-11,14-17,20-23,26-29,32-34,36-38,43,45,49,51,55,57,70,74H,6-7,12-13,18-19,24-25,30-31,35,39-42,44,46-48,50,52-54,56,58-69H2,1-5H3/p+1/b10-8-,11-9-,16-14-,17-15-,22-20-,23-21-,28-26-,29-27-,34-32-,37-36-,38-33-,45-43-,51-49-,57-55-. The molecule has 0 heterocycles. The van der Waals surface area contributed by atoms with Crippen molar-refractivity contribution in [3.8, 4) is 0 Å². The van der Waals surface area contributed by atoms with Crippen LogP contribution in [0.1, 0.15) is 219 Å². The van der Waals surface area contributed by atoms with Gasteiger partial charge in [0.1, 0.15) is 13.2 Å². The van der Waals surface area contributed by atoms with E-state index in [1.54, 1.807) is 0 Å². The molecule has 0 fully saturated rings. The lowest BCUT2D eigenvalue weighted by Crippen LogP contribution is -2.40. The fourth-order valence-electron chi connectivity index (χ4n) is 8.09. The smallest absolute Gasteiger partial charge is 0.361 e. The summed E-state index contributed by atoms with van der Waals surface area (Å²) < 4.78 is 22.9. The summed E-state index contributed by atoms with van der Waals surface area (Å²) in [5.74, 6) is -2.09. The minimum Gasteiger partial charge on any atom is -0.477 e. The zero-order valence-corrected chi connectivity index (χ0v) is 53.0. The Balaban J connectivity index is 4.30. The maximum atomic E-state index is 12.9. The molecule has 0 amide bonds. The number of carbonyl (C=O) groups excluding carboxylic acids is 2. The van der Waals surface area contributed by atoms with Crippen LogP contribution in [0.5, 0.6) is 0 Å². The highest BCUT2D eigenvalue weighted by molar-refractivity contribution is 5.71. The Kier molecular flexibility index (Phi) is 58.6. The quantitative estimate of drug-likeness (QED) is 0.0211. The van der Waals surface area contributed by atoms with Crippen molar-refractivity contribution in [3.63, 3.8) is 0 Å². The molecule has 0 saturated carbocycles. The molecule has 0 aliphatic heterocycles. The number of likely N-dealkylation sites (N-methyl/N-ethyl adjacent to an activating group) is 1. The number of ether oxygens (including phenoxy) is 4. The second kappa shape index (κ2) is 62.7. The van der Waals surface area contributed by atoms with Gasteiger partial charge in [-0.2, -0.15) is 0 Å². The van der Waals surface area contributed by atoms with Gasteiger partial charge in [0.2, 0.25) is 0 Å².